The Morgan fingerprint density at radius 2 is 1.67 bits per heavy atom. The van der Waals surface area contributed by atoms with Crippen LogP contribution >= 0.6 is 11.8 Å². The van der Waals surface area contributed by atoms with Crippen LogP contribution in [-0.4, -0.2) is 22.9 Å². The van der Waals surface area contributed by atoms with Crippen LogP contribution in [0.15, 0.2) is 84.0 Å². The van der Waals surface area contributed by atoms with Crippen LogP contribution in [0.3, 0.4) is 0 Å². The highest BCUT2D eigenvalue weighted by Gasteiger charge is 2.17. The lowest BCUT2D eigenvalue weighted by molar-refractivity contribution is 0.0992. The summed E-state index contributed by atoms with van der Waals surface area (Å²) in [6, 6.07) is 25.4. The molecule has 0 radical (unpaired) electrons. The molecule has 1 aromatic heterocycles. The van der Waals surface area contributed by atoms with Crippen molar-refractivity contribution in [2.75, 3.05) is 11.9 Å². The van der Waals surface area contributed by atoms with Crippen molar-refractivity contribution in [3.05, 3.63) is 90.0 Å². The summed E-state index contributed by atoms with van der Waals surface area (Å²) in [5.74, 6) is 0.659. The number of aromatic amines is 1. The van der Waals surface area contributed by atoms with Crippen molar-refractivity contribution in [3.63, 3.8) is 0 Å². The minimum Gasteiger partial charge on any atom is -0.333 e. The number of hydrogen-bond acceptors (Lipinski definition) is 3. The topological polar surface area (TPSA) is 49.0 Å². The first kappa shape index (κ1) is 17.4. The van der Waals surface area contributed by atoms with E-state index in [1.54, 1.807) is 23.7 Å². The fourth-order valence-electron chi connectivity index (χ4n) is 2.95. The Bertz CT molecular complexity index is 1040. The van der Waals surface area contributed by atoms with Gasteiger partial charge in [0.15, 0.2) is 5.16 Å². The Kier molecular flexibility index (Phi) is 4.94. The second-order valence-corrected chi connectivity index (χ2v) is 7.17. The lowest BCUT2D eigenvalue weighted by atomic mass is 10.1. The third kappa shape index (κ3) is 3.73. The molecule has 0 unspecified atom stereocenters. The molecule has 0 aliphatic heterocycles. The molecule has 0 fully saturated rings. The Labute approximate surface area is 162 Å². The number of rotatable bonds is 5. The van der Waals surface area contributed by atoms with Gasteiger partial charge in [-0.2, -0.15) is 0 Å². The highest BCUT2D eigenvalue weighted by atomic mass is 32.2. The number of carbonyl (C=O) groups is 1. The molecule has 0 aliphatic carbocycles. The van der Waals surface area contributed by atoms with Crippen molar-refractivity contribution in [1.29, 1.82) is 0 Å². The largest absolute Gasteiger partial charge is 0.333 e. The van der Waals surface area contributed by atoms with Crippen LogP contribution in [0.1, 0.15) is 15.9 Å². The van der Waals surface area contributed by atoms with E-state index in [-0.39, 0.29) is 5.91 Å². The summed E-state index contributed by atoms with van der Waals surface area (Å²) in [5, 5.41) is 0.856. The molecule has 5 heteroatoms. The maximum atomic E-state index is 13.0. The van der Waals surface area contributed by atoms with E-state index >= 15 is 0 Å². The molecule has 0 atom stereocenters. The molecule has 1 N–H and O–H groups in total. The van der Waals surface area contributed by atoms with Gasteiger partial charge in [-0.1, -0.05) is 60.3 Å². The van der Waals surface area contributed by atoms with Crippen molar-refractivity contribution < 1.29 is 4.79 Å². The maximum Gasteiger partial charge on any atom is 0.258 e. The van der Waals surface area contributed by atoms with Gasteiger partial charge in [0.25, 0.3) is 5.91 Å². The van der Waals surface area contributed by atoms with E-state index in [1.165, 1.54) is 0 Å². The molecule has 4 rings (SSSR count). The number of hydrogen-bond donors (Lipinski definition) is 1. The van der Waals surface area contributed by atoms with E-state index in [4.69, 9.17) is 0 Å². The van der Waals surface area contributed by atoms with Crippen LogP contribution in [-0.2, 0) is 5.75 Å². The third-order valence-electron chi connectivity index (χ3n) is 4.43. The standard InChI is InChI=1S/C22H19N3OS/c1-25(17-10-3-2-4-11-17)21(26)18-12-6-5-9-16(18)15-27-22-23-19-13-7-8-14-20(19)24-22/h2-14H,15H2,1H3,(H,23,24). The van der Waals surface area contributed by atoms with Gasteiger partial charge < -0.3 is 9.88 Å². The molecule has 0 saturated carbocycles. The summed E-state index contributed by atoms with van der Waals surface area (Å²) in [6.07, 6.45) is 0. The minimum absolute atomic E-state index is 0.0120. The van der Waals surface area contributed by atoms with Crippen molar-refractivity contribution in [2.45, 2.75) is 10.9 Å². The number of benzene rings is 3. The SMILES string of the molecule is CN(C(=O)c1ccccc1CSc1nc2ccccc2[nH]1)c1ccccc1. The average molecular weight is 373 g/mol. The highest BCUT2D eigenvalue weighted by molar-refractivity contribution is 7.98. The van der Waals surface area contributed by atoms with Crippen LogP contribution in [0, 0.1) is 0 Å². The number of anilines is 1. The summed E-state index contributed by atoms with van der Waals surface area (Å²) in [6.45, 7) is 0. The van der Waals surface area contributed by atoms with Gasteiger partial charge >= 0.3 is 0 Å². The van der Waals surface area contributed by atoms with Crippen molar-refractivity contribution in [2.24, 2.45) is 0 Å². The van der Waals surface area contributed by atoms with Gasteiger partial charge in [-0.3, -0.25) is 4.79 Å². The third-order valence-corrected chi connectivity index (χ3v) is 5.35. The predicted molar refractivity (Wildman–Crippen MR) is 111 cm³/mol. The minimum atomic E-state index is -0.0120. The first-order chi connectivity index (χ1) is 13.2. The van der Waals surface area contributed by atoms with Crippen LogP contribution in [0.5, 0.6) is 0 Å². The van der Waals surface area contributed by atoms with Crippen LogP contribution in [0.4, 0.5) is 5.69 Å². The smallest absolute Gasteiger partial charge is 0.258 e. The van der Waals surface area contributed by atoms with Crippen LogP contribution in [0.25, 0.3) is 11.0 Å². The number of para-hydroxylation sites is 3. The monoisotopic (exact) mass is 373 g/mol. The van der Waals surface area contributed by atoms with E-state index in [1.807, 2.05) is 78.9 Å². The molecule has 0 bridgehead atoms. The van der Waals surface area contributed by atoms with Gasteiger partial charge in [-0.05, 0) is 35.9 Å². The number of nitrogens with zero attached hydrogens (tertiary/aromatic N) is 2. The second kappa shape index (κ2) is 7.68. The number of amides is 1. The Morgan fingerprint density at radius 1 is 0.963 bits per heavy atom. The fourth-order valence-corrected chi connectivity index (χ4v) is 3.84. The molecule has 4 aromatic rings. The molecule has 1 heterocycles. The number of H-pyrrole nitrogens is 1. The number of nitrogens with one attached hydrogen (secondary N) is 1. The summed E-state index contributed by atoms with van der Waals surface area (Å²) in [4.78, 5) is 22.6. The number of fused-ring (bicyclic) bond motifs is 1. The zero-order valence-corrected chi connectivity index (χ0v) is 15.7. The zero-order chi connectivity index (χ0) is 18.6. The highest BCUT2D eigenvalue weighted by Crippen LogP contribution is 2.26. The van der Waals surface area contributed by atoms with E-state index in [9.17, 15) is 4.79 Å². The quantitative estimate of drug-likeness (QED) is 0.493. The van der Waals surface area contributed by atoms with E-state index in [0.717, 1.165) is 27.4 Å². The molecule has 0 saturated heterocycles. The Hall–Kier alpha value is -3.05. The van der Waals surface area contributed by atoms with Crippen molar-refractivity contribution in [1.82, 2.24) is 9.97 Å². The maximum absolute atomic E-state index is 13.0. The molecule has 134 valence electrons. The first-order valence-electron chi connectivity index (χ1n) is 8.71. The van der Waals surface area contributed by atoms with Crippen molar-refractivity contribution in [3.8, 4) is 0 Å². The van der Waals surface area contributed by atoms with Gasteiger partial charge in [0.2, 0.25) is 0 Å². The molecule has 4 nitrogen and oxygen atoms in total. The normalized spacial score (nSPS) is 10.9. The summed E-state index contributed by atoms with van der Waals surface area (Å²) < 4.78 is 0. The van der Waals surface area contributed by atoms with E-state index < -0.39 is 0 Å². The van der Waals surface area contributed by atoms with E-state index in [2.05, 4.69) is 9.97 Å². The van der Waals surface area contributed by atoms with E-state index in [0.29, 0.717) is 11.3 Å². The summed E-state index contributed by atoms with van der Waals surface area (Å²) in [5.41, 5.74) is 4.56. The number of aromatic nitrogens is 2. The fraction of sp³-hybridized carbons (Fsp3) is 0.0909. The predicted octanol–water partition coefficient (Wildman–Crippen LogP) is 5.13. The lowest BCUT2D eigenvalue weighted by Crippen LogP contribution is -2.27. The first-order valence-corrected chi connectivity index (χ1v) is 9.69. The Balaban J connectivity index is 1.54. The summed E-state index contributed by atoms with van der Waals surface area (Å²) in [7, 11) is 1.81. The van der Waals surface area contributed by atoms with Gasteiger partial charge in [-0.15, -0.1) is 0 Å². The number of imidazole rings is 1. The zero-order valence-electron chi connectivity index (χ0n) is 14.9. The molecule has 1 amide bonds. The summed E-state index contributed by atoms with van der Waals surface area (Å²) >= 11 is 1.60. The van der Waals surface area contributed by atoms with Crippen LogP contribution < -0.4 is 4.90 Å². The second-order valence-electron chi connectivity index (χ2n) is 6.20. The molecule has 3 aromatic carbocycles. The van der Waals surface area contributed by atoms with Gasteiger partial charge in [0.05, 0.1) is 11.0 Å². The molecule has 0 aliphatic rings. The van der Waals surface area contributed by atoms with Gasteiger partial charge in [-0.25, -0.2) is 4.98 Å². The van der Waals surface area contributed by atoms with Gasteiger partial charge in [0, 0.05) is 24.1 Å². The number of carbonyl (C=O) groups excluding carboxylic acids is 1. The lowest BCUT2D eigenvalue weighted by Gasteiger charge is -2.19. The number of thioether (sulfide) groups is 1. The molecule has 0 spiro atoms. The molecular formula is C22H19N3OS. The molecular weight excluding hydrogens is 354 g/mol. The Morgan fingerprint density at radius 3 is 2.48 bits per heavy atom. The van der Waals surface area contributed by atoms with Crippen molar-refractivity contribution >= 4 is 34.4 Å². The average Bonchev–Trinajstić information content (AvgIpc) is 3.15. The molecule has 27 heavy (non-hydrogen) atoms. The van der Waals surface area contributed by atoms with Gasteiger partial charge in [0.1, 0.15) is 0 Å². The van der Waals surface area contributed by atoms with Crippen LogP contribution in [0.2, 0.25) is 0 Å².